The maximum Gasteiger partial charge on any atom is 0.320 e. The highest BCUT2D eigenvalue weighted by atomic mass is 35.5. The molecule has 0 heterocycles. The molecule has 0 saturated carbocycles. The Labute approximate surface area is 89.5 Å². The van der Waals surface area contributed by atoms with E-state index in [9.17, 15) is 9.59 Å². The van der Waals surface area contributed by atoms with E-state index < -0.39 is 12.0 Å². The van der Waals surface area contributed by atoms with Crippen LogP contribution in [0.4, 0.5) is 0 Å². The van der Waals surface area contributed by atoms with Crippen molar-refractivity contribution in [1.82, 2.24) is 5.32 Å². The molecule has 0 spiro atoms. The number of carboxylic acid groups (broad SMARTS) is 1. The van der Waals surface area contributed by atoms with Crippen LogP contribution < -0.4 is 11.1 Å². The van der Waals surface area contributed by atoms with Crippen molar-refractivity contribution in [3.63, 3.8) is 0 Å². The van der Waals surface area contributed by atoms with Crippen molar-refractivity contribution >= 4 is 24.3 Å². The van der Waals surface area contributed by atoms with Gasteiger partial charge in [0, 0.05) is 13.5 Å². The highest BCUT2D eigenvalue weighted by Crippen LogP contribution is 1.97. The quantitative estimate of drug-likeness (QED) is 0.559. The number of hydrogen-bond acceptors (Lipinski definition) is 3. The largest absolute Gasteiger partial charge is 0.480 e. The first-order chi connectivity index (χ1) is 6.04. The van der Waals surface area contributed by atoms with Gasteiger partial charge in [0.05, 0.1) is 0 Å². The Morgan fingerprint density at radius 3 is 2.43 bits per heavy atom. The van der Waals surface area contributed by atoms with Crippen LogP contribution in [0.3, 0.4) is 0 Å². The van der Waals surface area contributed by atoms with Crippen molar-refractivity contribution in [2.24, 2.45) is 5.73 Å². The average molecular weight is 225 g/mol. The third kappa shape index (κ3) is 9.28. The lowest BCUT2D eigenvalue weighted by molar-refractivity contribution is -0.138. The summed E-state index contributed by atoms with van der Waals surface area (Å²) in [6, 6.07) is -0.780. The van der Waals surface area contributed by atoms with Crippen LogP contribution >= 0.6 is 12.4 Å². The molecule has 0 aliphatic heterocycles. The third-order valence-corrected chi connectivity index (χ3v) is 1.63. The van der Waals surface area contributed by atoms with Crippen LogP contribution in [0, 0.1) is 0 Å². The number of amides is 1. The summed E-state index contributed by atoms with van der Waals surface area (Å²) < 4.78 is 0. The second kappa shape index (κ2) is 8.77. The van der Waals surface area contributed by atoms with Gasteiger partial charge in [-0.05, 0) is 19.3 Å². The van der Waals surface area contributed by atoms with Gasteiger partial charge in [-0.2, -0.15) is 0 Å². The van der Waals surface area contributed by atoms with Crippen LogP contribution in [0.5, 0.6) is 0 Å². The van der Waals surface area contributed by atoms with Crippen LogP contribution in [-0.4, -0.2) is 29.6 Å². The van der Waals surface area contributed by atoms with E-state index in [0.717, 1.165) is 6.42 Å². The van der Waals surface area contributed by atoms with Gasteiger partial charge in [-0.3, -0.25) is 9.59 Å². The zero-order valence-electron chi connectivity index (χ0n) is 8.16. The van der Waals surface area contributed by atoms with E-state index in [1.54, 1.807) is 0 Å². The molecular formula is C8H17ClN2O3. The Balaban J connectivity index is 0. The molecule has 0 saturated heterocycles. The first-order valence-electron chi connectivity index (χ1n) is 4.27. The van der Waals surface area contributed by atoms with E-state index in [-0.39, 0.29) is 18.3 Å². The molecule has 0 fully saturated rings. The molecule has 0 radical (unpaired) electrons. The molecule has 0 aromatic rings. The zero-order chi connectivity index (χ0) is 10.3. The van der Waals surface area contributed by atoms with Crippen molar-refractivity contribution in [3.8, 4) is 0 Å². The van der Waals surface area contributed by atoms with Crippen molar-refractivity contribution in [2.45, 2.75) is 32.2 Å². The molecule has 84 valence electrons. The predicted molar refractivity (Wildman–Crippen MR) is 55.4 cm³/mol. The molecule has 6 heteroatoms. The second-order valence-corrected chi connectivity index (χ2v) is 2.92. The number of carboxylic acids is 1. The number of nitrogens with two attached hydrogens (primary N) is 1. The minimum atomic E-state index is -0.973. The van der Waals surface area contributed by atoms with Gasteiger partial charge in [0.15, 0.2) is 0 Å². The highest BCUT2D eigenvalue weighted by Gasteiger charge is 2.09. The van der Waals surface area contributed by atoms with Gasteiger partial charge < -0.3 is 16.2 Å². The Kier molecular flexibility index (Phi) is 9.81. The number of halogens is 1. The van der Waals surface area contributed by atoms with Gasteiger partial charge in [-0.1, -0.05) is 0 Å². The third-order valence-electron chi connectivity index (χ3n) is 1.63. The maximum atomic E-state index is 10.4. The molecule has 0 rings (SSSR count). The fourth-order valence-electron chi connectivity index (χ4n) is 0.877. The molecule has 0 aliphatic rings. The van der Waals surface area contributed by atoms with Crippen molar-refractivity contribution < 1.29 is 14.7 Å². The summed E-state index contributed by atoms with van der Waals surface area (Å²) in [5.74, 6) is -1.04. The van der Waals surface area contributed by atoms with E-state index in [4.69, 9.17) is 10.8 Å². The monoisotopic (exact) mass is 224 g/mol. The molecule has 1 unspecified atom stereocenters. The number of nitrogens with one attached hydrogen (secondary N) is 1. The van der Waals surface area contributed by atoms with Crippen LogP contribution in [0.15, 0.2) is 0 Å². The molecule has 5 nitrogen and oxygen atoms in total. The Hall–Kier alpha value is -0.810. The lowest BCUT2D eigenvalue weighted by Crippen LogP contribution is -2.30. The standard InChI is InChI=1S/C8H16N2O3.ClH/c1-6(11)10-5-3-2-4-7(9)8(12)13;/h7H,2-5,9H2,1H3,(H,10,11)(H,12,13);1H. The summed E-state index contributed by atoms with van der Waals surface area (Å²) in [6.07, 6.45) is 1.93. The van der Waals surface area contributed by atoms with Crippen LogP contribution in [0.25, 0.3) is 0 Å². The fraction of sp³-hybridized carbons (Fsp3) is 0.750. The van der Waals surface area contributed by atoms with E-state index in [2.05, 4.69) is 5.32 Å². The van der Waals surface area contributed by atoms with Gasteiger partial charge in [0.1, 0.15) is 6.04 Å². The van der Waals surface area contributed by atoms with E-state index >= 15 is 0 Å². The first kappa shape index (κ1) is 15.7. The molecule has 0 aliphatic carbocycles. The summed E-state index contributed by atoms with van der Waals surface area (Å²) >= 11 is 0. The predicted octanol–water partition coefficient (Wildman–Crippen LogP) is 0.126. The zero-order valence-corrected chi connectivity index (χ0v) is 8.97. The first-order valence-corrected chi connectivity index (χ1v) is 4.27. The molecule has 14 heavy (non-hydrogen) atoms. The summed E-state index contributed by atoms with van der Waals surface area (Å²) in [5, 5.41) is 11.1. The summed E-state index contributed by atoms with van der Waals surface area (Å²) in [7, 11) is 0. The summed E-state index contributed by atoms with van der Waals surface area (Å²) in [4.78, 5) is 20.7. The number of unbranched alkanes of at least 4 members (excludes halogenated alkanes) is 1. The molecule has 1 amide bonds. The average Bonchev–Trinajstić information content (AvgIpc) is 2.02. The lowest BCUT2D eigenvalue weighted by Gasteiger charge is -2.05. The van der Waals surface area contributed by atoms with Crippen molar-refractivity contribution in [2.75, 3.05) is 6.54 Å². The number of carbonyl (C=O) groups excluding carboxylic acids is 1. The number of carbonyl (C=O) groups is 2. The smallest absolute Gasteiger partial charge is 0.320 e. The topological polar surface area (TPSA) is 92.4 Å². The highest BCUT2D eigenvalue weighted by molar-refractivity contribution is 5.85. The molecule has 0 aromatic heterocycles. The van der Waals surface area contributed by atoms with Gasteiger partial charge in [0.25, 0.3) is 0 Å². The van der Waals surface area contributed by atoms with Crippen molar-refractivity contribution in [1.29, 1.82) is 0 Å². The van der Waals surface area contributed by atoms with Gasteiger partial charge in [0.2, 0.25) is 5.91 Å². The molecule has 0 aromatic carbocycles. The summed E-state index contributed by atoms with van der Waals surface area (Å²) in [6.45, 7) is 2.03. The molecule has 0 bridgehead atoms. The molecule has 1 atom stereocenters. The number of hydrogen-bond donors (Lipinski definition) is 3. The van der Waals surface area contributed by atoms with Crippen LogP contribution in [-0.2, 0) is 9.59 Å². The van der Waals surface area contributed by atoms with E-state index in [0.29, 0.717) is 19.4 Å². The summed E-state index contributed by atoms with van der Waals surface area (Å²) in [5.41, 5.74) is 5.27. The Morgan fingerprint density at radius 1 is 1.43 bits per heavy atom. The van der Waals surface area contributed by atoms with E-state index in [1.165, 1.54) is 6.92 Å². The van der Waals surface area contributed by atoms with Crippen LogP contribution in [0.1, 0.15) is 26.2 Å². The normalized spacial score (nSPS) is 11.3. The van der Waals surface area contributed by atoms with Gasteiger partial charge in [-0.15, -0.1) is 12.4 Å². The fourth-order valence-corrected chi connectivity index (χ4v) is 0.877. The molecule has 4 N–H and O–H groups in total. The van der Waals surface area contributed by atoms with Gasteiger partial charge in [-0.25, -0.2) is 0 Å². The minimum absolute atomic E-state index is 0. The van der Waals surface area contributed by atoms with Gasteiger partial charge >= 0.3 is 5.97 Å². The van der Waals surface area contributed by atoms with Crippen molar-refractivity contribution in [3.05, 3.63) is 0 Å². The molecular weight excluding hydrogens is 208 g/mol. The number of rotatable bonds is 6. The van der Waals surface area contributed by atoms with E-state index in [1.807, 2.05) is 0 Å². The Morgan fingerprint density at radius 2 is 2.00 bits per heavy atom. The van der Waals surface area contributed by atoms with Crippen LogP contribution in [0.2, 0.25) is 0 Å². The maximum absolute atomic E-state index is 10.4. The SMILES string of the molecule is CC(=O)NCCCCC(N)C(=O)O.Cl. The second-order valence-electron chi connectivity index (χ2n) is 2.92. The Bertz CT molecular complexity index is 187. The lowest BCUT2D eigenvalue weighted by atomic mass is 10.1. The minimum Gasteiger partial charge on any atom is -0.480 e. The number of aliphatic carboxylic acids is 1.